The van der Waals surface area contributed by atoms with Crippen molar-refractivity contribution in [1.82, 2.24) is 20.0 Å². The van der Waals surface area contributed by atoms with E-state index < -0.39 is 0 Å². The van der Waals surface area contributed by atoms with Gasteiger partial charge in [0.05, 0.1) is 0 Å². The van der Waals surface area contributed by atoms with Gasteiger partial charge in [0.1, 0.15) is 0 Å². The standard InChI is InChI=1S/C18H34N4O/c1-15(2)18(23)22-11-5-16(6-12-22)20-9-3-17(4-10-20)21-13-7-19-8-14-21/h15-17,19H,3-14H2,1-2H3. The minimum atomic E-state index is 0.140. The summed E-state index contributed by atoms with van der Waals surface area (Å²) in [7, 11) is 0. The number of rotatable bonds is 3. The number of hydrogen-bond donors (Lipinski definition) is 1. The maximum Gasteiger partial charge on any atom is 0.225 e. The molecule has 3 rings (SSSR count). The van der Waals surface area contributed by atoms with Gasteiger partial charge < -0.3 is 15.1 Å². The van der Waals surface area contributed by atoms with Crippen LogP contribution in [-0.4, -0.2) is 85.0 Å². The number of carbonyl (C=O) groups excluding carboxylic acids is 1. The van der Waals surface area contributed by atoms with Gasteiger partial charge in [-0.25, -0.2) is 0 Å². The minimum absolute atomic E-state index is 0.140. The summed E-state index contributed by atoms with van der Waals surface area (Å²) >= 11 is 0. The average molecular weight is 322 g/mol. The quantitative estimate of drug-likeness (QED) is 0.841. The molecule has 3 heterocycles. The van der Waals surface area contributed by atoms with Crippen LogP contribution in [0, 0.1) is 5.92 Å². The van der Waals surface area contributed by atoms with E-state index in [-0.39, 0.29) is 5.92 Å². The second-order valence-corrected chi connectivity index (χ2v) is 7.76. The SMILES string of the molecule is CC(C)C(=O)N1CCC(N2CCC(N3CCNCC3)CC2)CC1. The fraction of sp³-hybridized carbons (Fsp3) is 0.944. The van der Waals surface area contributed by atoms with Crippen LogP contribution in [0.25, 0.3) is 0 Å². The monoisotopic (exact) mass is 322 g/mol. The van der Waals surface area contributed by atoms with Gasteiger partial charge in [-0.1, -0.05) is 13.8 Å². The Labute approximate surface area is 141 Å². The third-order valence-electron chi connectivity index (χ3n) is 5.95. The van der Waals surface area contributed by atoms with Crippen LogP contribution in [0.2, 0.25) is 0 Å². The van der Waals surface area contributed by atoms with E-state index in [1.54, 1.807) is 0 Å². The highest BCUT2D eigenvalue weighted by Gasteiger charge is 2.31. The highest BCUT2D eigenvalue weighted by Crippen LogP contribution is 2.24. The molecule has 3 aliphatic rings. The van der Waals surface area contributed by atoms with E-state index in [2.05, 4.69) is 20.0 Å². The number of nitrogens with one attached hydrogen (secondary N) is 1. The lowest BCUT2D eigenvalue weighted by molar-refractivity contribution is -0.136. The van der Waals surface area contributed by atoms with Crippen LogP contribution in [0.15, 0.2) is 0 Å². The molecular weight excluding hydrogens is 288 g/mol. The zero-order chi connectivity index (χ0) is 16.2. The zero-order valence-corrected chi connectivity index (χ0v) is 15.0. The molecule has 0 unspecified atom stereocenters. The molecule has 0 radical (unpaired) electrons. The number of hydrogen-bond acceptors (Lipinski definition) is 4. The zero-order valence-electron chi connectivity index (χ0n) is 15.0. The van der Waals surface area contributed by atoms with Crippen molar-refractivity contribution in [2.45, 2.75) is 51.6 Å². The van der Waals surface area contributed by atoms with Crippen LogP contribution in [0.5, 0.6) is 0 Å². The fourth-order valence-corrected chi connectivity index (χ4v) is 4.48. The molecule has 0 bridgehead atoms. The number of nitrogens with zero attached hydrogens (tertiary/aromatic N) is 3. The predicted octanol–water partition coefficient (Wildman–Crippen LogP) is 1.00. The number of piperazine rings is 1. The van der Waals surface area contributed by atoms with Gasteiger partial charge in [-0.05, 0) is 38.8 Å². The van der Waals surface area contributed by atoms with Crippen molar-refractivity contribution in [1.29, 1.82) is 0 Å². The van der Waals surface area contributed by atoms with Gasteiger partial charge in [-0.3, -0.25) is 9.69 Å². The third-order valence-corrected chi connectivity index (χ3v) is 5.95. The Kier molecular flexibility index (Phi) is 5.94. The summed E-state index contributed by atoms with van der Waals surface area (Å²) in [4.78, 5) is 19.6. The first-order chi connectivity index (χ1) is 11.1. The maximum absolute atomic E-state index is 12.1. The van der Waals surface area contributed by atoms with Gasteiger partial charge in [-0.15, -0.1) is 0 Å². The fourth-order valence-electron chi connectivity index (χ4n) is 4.48. The molecule has 0 atom stereocenters. The molecule has 0 aliphatic carbocycles. The Morgan fingerprint density at radius 1 is 0.826 bits per heavy atom. The van der Waals surface area contributed by atoms with E-state index >= 15 is 0 Å². The lowest BCUT2D eigenvalue weighted by Gasteiger charge is -2.45. The van der Waals surface area contributed by atoms with Crippen molar-refractivity contribution in [2.24, 2.45) is 5.92 Å². The molecule has 0 saturated carbocycles. The van der Waals surface area contributed by atoms with Crippen LogP contribution in [0.1, 0.15) is 39.5 Å². The summed E-state index contributed by atoms with van der Waals surface area (Å²) in [6.07, 6.45) is 4.98. The first-order valence-corrected chi connectivity index (χ1v) is 9.62. The van der Waals surface area contributed by atoms with Gasteiger partial charge in [-0.2, -0.15) is 0 Å². The summed E-state index contributed by atoms with van der Waals surface area (Å²) in [5.74, 6) is 0.474. The Morgan fingerprint density at radius 2 is 1.30 bits per heavy atom. The second-order valence-electron chi connectivity index (χ2n) is 7.76. The number of carbonyl (C=O) groups is 1. The smallest absolute Gasteiger partial charge is 0.225 e. The molecule has 23 heavy (non-hydrogen) atoms. The molecule has 5 nitrogen and oxygen atoms in total. The van der Waals surface area contributed by atoms with Crippen LogP contribution < -0.4 is 5.32 Å². The Hall–Kier alpha value is -0.650. The summed E-state index contributed by atoms with van der Waals surface area (Å²) in [5.41, 5.74) is 0. The maximum atomic E-state index is 12.1. The van der Waals surface area contributed by atoms with Gasteiger partial charge in [0, 0.05) is 57.3 Å². The Balaban J connectivity index is 1.41. The average Bonchev–Trinajstić information content (AvgIpc) is 2.62. The Morgan fingerprint density at radius 3 is 1.83 bits per heavy atom. The van der Waals surface area contributed by atoms with Crippen LogP contribution in [0.3, 0.4) is 0 Å². The summed E-state index contributed by atoms with van der Waals surface area (Å²) in [5, 5.41) is 3.45. The summed E-state index contributed by atoms with van der Waals surface area (Å²) < 4.78 is 0. The molecule has 3 aliphatic heterocycles. The highest BCUT2D eigenvalue weighted by molar-refractivity contribution is 5.78. The lowest BCUT2D eigenvalue weighted by atomic mass is 9.96. The lowest BCUT2D eigenvalue weighted by Crippen LogP contribution is -2.54. The minimum Gasteiger partial charge on any atom is -0.342 e. The van der Waals surface area contributed by atoms with Crippen molar-refractivity contribution < 1.29 is 4.79 Å². The predicted molar refractivity (Wildman–Crippen MR) is 93.5 cm³/mol. The number of likely N-dealkylation sites (tertiary alicyclic amines) is 2. The normalized spacial score (nSPS) is 26.8. The van der Waals surface area contributed by atoms with Crippen LogP contribution in [-0.2, 0) is 4.79 Å². The molecular formula is C18H34N4O. The molecule has 3 fully saturated rings. The molecule has 0 aromatic rings. The summed E-state index contributed by atoms with van der Waals surface area (Å²) in [6.45, 7) is 13.2. The van der Waals surface area contributed by atoms with E-state index in [0.717, 1.165) is 45.1 Å². The van der Waals surface area contributed by atoms with E-state index in [0.29, 0.717) is 11.9 Å². The van der Waals surface area contributed by atoms with Gasteiger partial charge in [0.25, 0.3) is 0 Å². The summed E-state index contributed by atoms with van der Waals surface area (Å²) in [6, 6.07) is 1.51. The molecule has 1 amide bonds. The molecule has 0 aromatic carbocycles. The second kappa shape index (κ2) is 7.95. The van der Waals surface area contributed by atoms with Crippen LogP contribution >= 0.6 is 0 Å². The third kappa shape index (κ3) is 4.25. The van der Waals surface area contributed by atoms with E-state index in [1.165, 1.54) is 39.0 Å². The van der Waals surface area contributed by atoms with Crippen molar-refractivity contribution in [2.75, 3.05) is 52.4 Å². The van der Waals surface area contributed by atoms with Gasteiger partial charge in [0.2, 0.25) is 5.91 Å². The molecule has 3 saturated heterocycles. The van der Waals surface area contributed by atoms with Gasteiger partial charge >= 0.3 is 0 Å². The Bertz CT molecular complexity index is 378. The van der Waals surface area contributed by atoms with Crippen LogP contribution in [0.4, 0.5) is 0 Å². The van der Waals surface area contributed by atoms with Crippen molar-refractivity contribution >= 4 is 5.91 Å². The number of piperidine rings is 2. The van der Waals surface area contributed by atoms with Gasteiger partial charge in [0.15, 0.2) is 0 Å². The van der Waals surface area contributed by atoms with E-state index in [4.69, 9.17) is 0 Å². The topological polar surface area (TPSA) is 38.8 Å². The first kappa shape index (κ1) is 17.2. The van der Waals surface area contributed by atoms with Crippen molar-refractivity contribution in [3.63, 3.8) is 0 Å². The van der Waals surface area contributed by atoms with E-state index in [9.17, 15) is 4.79 Å². The molecule has 132 valence electrons. The van der Waals surface area contributed by atoms with E-state index in [1.807, 2.05) is 13.8 Å². The molecule has 5 heteroatoms. The molecule has 0 spiro atoms. The molecule has 0 aromatic heterocycles. The highest BCUT2D eigenvalue weighted by atomic mass is 16.2. The molecule has 1 N–H and O–H groups in total. The van der Waals surface area contributed by atoms with Crippen molar-refractivity contribution in [3.05, 3.63) is 0 Å². The first-order valence-electron chi connectivity index (χ1n) is 9.62. The van der Waals surface area contributed by atoms with Crippen molar-refractivity contribution in [3.8, 4) is 0 Å². The number of amides is 1. The largest absolute Gasteiger partial charge is 0.342 e.